The fraction of sp³-hybridized carbons (Fsp3) is 0.200. The molecule has 0 radical (unpaired) electrons. The first-order valence-corrected chi connectivity index (χ1v) is 7.23. The maximum Gasteiger partial charge on any atom is 0.240 e. The maximum absolute atomic E-state index is 11.8. The molecule has 2 aromatic rings. The second-order valence-corrected chi connectivity index (χ2v) is 5.65. The summed E-state index contributed by atoms with van der Waals surface area (Å²) >= 11 is 1.62. The van der Waals surface area contributed by atoms with Gasteiger partial charge in [-0.25, -0.2) is 5.01 Å². The Kier molecular flexibility index (Phi) is 3.28. The van der Waals surface area contributed by atoms with Gasteiger partial charge in [0.05, 0.1) is 16.6 Å². The van der Waals surface area contributed by atoms with Crippen molar-refractivity contribution in [2.75, 3.05) is 0 Å². The van der Waals surface area contributed by atoms with Crippen LogP contribution in [0.15, 0.2) is 46.9 Å². The quantitative estimate of drug-likeness (QED) is 0.922. The van der Waals surface area contributed by atoms with Crippen molar-refractivity contribution >= 4 is 23.0 Å². The van der Waals surface area contributed by atoms with Crippen molar-refractivity contribution in [2.24, 2.45) is 5.10 Å². The zero-order chi connectivity index (χ0) is 14.1. The summed E-state index contributed by atoms with van der Waals surface area (Å²) in [4.78, 5) is 12.9. The summed E-state index contributed by atoms with van der Waals surface area (Å²) in [6.07, 6.45) is 0.699. The summed E-state index contributed by atoms with van der Waals surface area (Å²) in [6, 6.07) is 10.8. The highest BCUT2D eigenvalue weighted by Gasteiger charge is 2.31. The Balaban J connectivity index is 1.93. The van der Waals surface area contributed by atoms with Gasteiger partial charge in [-0.05, 0) is 29.1 Å². The zero-order valence-electron chi connectivity index (χ0n) is 11.0. The molecule has 0 saturated carbocycles. The van der Waals surface area contributed by atoms with Gasteiger partial charge in [0.15, 0.2) is 0 Å². The predicted molar refractivity (Wildman–Crippen MR) is 78.8 cm³/mol. The van der Waals surface area contributed by atoms with Crippen LogP contribution in [0.4, 0.5) is 0 Å². The third-order valence-corrected chi connectivity index (χ3v) is 4.24. The molecule has 0 spiro atoms. The number of phenolic OH excluding ortho intramolecular Hbond substituents is 1. The molecule has 0 saturated heterocycles. The first-order valence-electron chi connectivity index (χ1n) is 6.35. The molecular weight excluding hydrogens is 272 g/mol. The molecule has 1 aliphatic rings. The molecule has 1 N–H and O–H groups in total. The third kappa shape index (κ3) is 2.32. The maximum atomic E-state index is 11.8. The number of carbonyl (C=O) groups excluding carboxylic acids is 1. The van der Waals surface area contributed by atoms with E-state index in [1.165, 1.54) is 11.9 Å². The highest BCUT2D eigenvalue weighted by atomic mass is 32.1. The van der Waals surface area contributed by atoms with E-state index in [9.17, 15) is 9.90 Å². The molecule has 1 aromatic carbocycles. The van der Waals surface area contributed by atoms with E-state index in [4.69, 9.17) is 0 Å². The molecule has 5 heteroatoms. The van der Waals surface area contributed by atoms with Gasteiger partial charge in [0.1, 0.15) is 5.75 Å². The standard InChI is InChI=1S/C15H14N2O2S/c1-10(18)17-14(11-4-6-12(19)7-5-11)9-13(16-17)15-3-2-8-20-15/h2-8,14,19H,9H2,1H3. The third-order valence-electron chi connectivity index (χ3n) is 3.32. The molecule has 1 aliphatic heterocycles. The summed E-state index contributed by atoms with van der Waals surface area (Å²) in [5.41, 5.74) is 1.92. The van der Waals surface area contributed by atoms with Crippen LogP contribution in [-0.2, 0) is 4.79 Å². The number of phenols is 1. The van der Waals surface area contributed by atoms with Crippen LogP contribution in [0.25, 0.3) is 0 Å². The summed E-state index contributed by atoms with van der Waals surface area (Å²) in [7, 11) is 0. The zero-order valence-corrected chi connectivity index (χ0v) is 11.8. The van der Waals surface area contributed by atoms with Crippen molar-refractivity contribution < 1.29 is 9.90 Å². The van der Waals surface area contributed by atoms with Crippen LogP contribution in [0.1, 0.15) is 29.8 Å². The van der Waals surface area contributed by atoms with Crippen LogP contribution in [0, 0.1) is 0 Å². The lowest BCUT2D eigenvalue weighted by atomic mass is 10.0. The van der Waals surface area contributed by atoms with Gasteiger partial charge in [0.2, 0.25) is 5.91 Å². The van der Waals surface area contributed by atoms with Crippen molar-refractivity contribution in [3.05, 3.63) is 52.2 Å². The van der Waals surface area contributed by atoms with Crippen LogP contribution >= 0.6 is 11.3 Å². The normalized spacial score (nSPS) is 18.1. The number of thiophene rings is 1. The minimum absolute atomic E-state index is 0.0744. The van der Waals surface area contributed by atoms with Gasteiger partial charge in [0.25, 0.3) is 0 Å². The SMILES string of the molecule is CC(=O)N1N=C(c2cccs2)CC1c1ccc(O)cc1. The first kappa shape index (κ1) is 12.9. The Morgan fingerprint density at radius 2 is 2.10 bits per heavy atom. The van der Waals surface area contributed by atoms with E-state index in [0.717, 1.165) is 16.2 Å². The first-order chi connectivity index (χ1) is 9.65. The van der Waals surface area contributed by atoms with Gasteiger partial charge in [-0.15, -0.1) is 11.3 Å². The average Bonchev–Trinajstić information content (AvgIpc) is 3.08. The minimum atomic E-state index is -0.0924. The number of aromatic hydroxyl groups is 1. The Hall–Kier alpha value is -2.14. The molecule has 20 heavy (non-hydrogen) atoms. The largest absolute Gasteiger partial charge is 0.508 e. The number of rotatable bonds is 2. The number of hydrazone groups is 1. The van der Waals surface area contributed by atoms with Crippen LogP contribution in [0.3, 0.4) is 0 Å². The molecule has 0 fully saturated rings. The molecule has 0 aliphatic carbocycles. The van der Waals surface area contributed by atoms with Crippen molar-refractivity contribution in [1.82, 2.24) is 5.01 Å². The number of nitrogens with zero attached hydrogens (tertiary/aromatic N) is 2. The number of carbonyl (C=O) groups is 1. The number of hydrogen-bond acceptors (Lipinski definition) is 4. The molecule has 4 nitrogen and oxygen atoms in total. The minimum Gasteiger partial charge on any atom is -0.508 e. The van der Waals surface area contributed by atoms with Gasteiger partial charge in [-0.2, -0.15) is 5.10 Å². The lowest BCUT2D eigenvalue weighted by Gasteiger charge is -2.20. The summed E-state index contributed by atoms with van der Waals surface area (Å²) < 4.78 is 0. The van der Waals surface area contributed by atoms with Crippen molar-refractivity contribution in [3.63, 3.8) is 0 Å². The summed E-state index contributed by atoms with van der Waals surface area (Å²) in [5, 5.41) is 17.4. The lowest BCUT2D eigenvalue weighted by Crippen LogP contribution is -2.24. The Morgan fingerprint density at radius 1 is 1.35 bits per heavy atom. The molecule has 102 valence electrons. The highest BCUT2D eigenvalue weighted by molar-refractivity contribution is 7.12. The van der Waals surface area contributed by atoms with E-state index in [1.54, 1.807) is 23.5 Å². The molecular formula is C15H14N2O2S. The molecule has 3 rings (SSSR count). The molecule has 2 heterocycles. The van der Waals surface area contributed by atoms with Crippen LogP contribution < -0.4 is 0 Å². The van der Waals surface area contributed by atoms with E-state index in [-0.39, 0.29) is 17.7 Å². The second kappa shape index (κ2) is 5.09. The van der Waals surface area contributed by atoms with Gasteiger partial charge in [-0.1, -0.05) is 18.2 Å². The van der Waals surface area contributed by atoms with Crippen molar-refractivity contribution in [2.45, 2.75) is 19.4 Å². The molecule has 0 bridgehead atoms. The fourth-order valence-electron chi connectivity index (χ4n) is 2.35. The van der Waals surface area contributed by atoms with Crippen molar-refractivity contribution in [3.8, 4) is 5.75 Å². The highest BCUT2D eigenvalue weighted by Crippen LogP contribution is 2.34. The van der Waals surface area contributed by atoms with Crippen LogP contribution in [0.2, 0.25) is 0 Å². The summed E-state index contributed by atoms with van der Waals surface area (Å²) in [5.74, 6) is 0.148. The smallest absolute Gasteiger partial charge is 0.240 e. The second-order valence-electron chi connectivity index (χ2n) is 4.70. The van der Waals surface area contributed by atoms with Crippen LogP contribution in [0.5, 0.6) is 5.75 Å². The van der Waals surface area contributed by atoms with E-state index in [0.29, 0.717) is 6.42 Å². The summed E-state index contributed by atoms with van der Waals surface area (Å²) in [6.45, 7) is 1.52. The Morgan fingerprint density at radius 3 is 2.70 bits per heavy atom. The van der Waals surface area contributed by atoms with E-state index < -0.39 is 0 Å². The molecule has 1 aromatic heterocycles. The molecule has 1 amide bonds. The van der Waals surface area contributed by atoms with Crippen molar-refractivity contribution in [1.29, 1.82) is 0 Å². The number of amides is 1. The van der Waals surface area contributed by atoms with Gasteiger partial charge in [0, 0.05) is 13.3 Å². The van der Waals surface area contributed by atoms with E-state index in [1.807, 2.05) is 29.6 Å². The predicted octanol–water partition coefficient (Wildman–Crippen LogP) is 3.15. The number of benzene rings is 1. The van der Waals surface area contributed by atoms with E-state index >= 15 is 0 Å². The lowest BCUT2D eigenvalue weighted by molar-refractivity contribution is -0.130. The van der Waals surface area contributed by atoms with Gasteiger partial charge < -0.3 is 5.11 Å². The van der Waals surface area contributed by atoms with Gasteiger partial charge >= 0.3 is 0 Å². The Bertz CT molecular complexity index is 647. The monoisotopic (exact) mass is 286 g/mol. The van der Waals surface area contributed by atoms with E-state index in [2.05, 4.69) is 5.10 Å². The van der Waals surface area contributed by atoms with Gasteiger partial charge in [-0.3, -0.25) is 4.79 Å². The fourth-order valence-corrected chi connectivity index (χ4v) is 3.07. The average molecular weight is 286 g/mol. The topological polar surface area (TPSA) is 52.9 Å². The van der Waals surface area contributed by atoms with Crippen LogP contribution in [-0.4, -0.2) is 21.7 Å². The molecule has 1 unspecified atom stereocenters. The molecule has 1 atom stereocenters. The number of hydrogen-bond donors (Lipinski definition) is 1. The Labute approximate surface area is 121 Å².